The van der Waals surface area contributed by atoms with Crippen LogP contribution in [0.15, 0.2) is 30.3 Å². The van der Waals surface area contributed by atoms with Crippen LogP contribution in [0, 0.1) is 12.8 Å². The Morgan fingerprint density at radius 1 is 1.30 bits per heavy atom. The third-order valence-corrected chi connectivity index (χ3v) is 5.26. The SMILES string of the molecule is Cc1nc(-c2ccccc2)sc1C(=O)N1CCCC(C(=O)O)C1. The van der Waals surface area contributed by atoms with Crippen LogP contribution in [-0.4, -0.2) is 40.0 Å². The highest BCUT2D eigenvalue weighted by Gasteiger charge is 2.30. The van der Waals surface area contributed by atoms with E-state index in [0.717, 1.165) is 17.0 Å². The molecule has 1 saturated heterocycles. The first-order chi connectivity index (χ1) is 11.1. The predicted molar refractivity (Wildman–Crippen MR) is 88.6 cm³/mol. The first-order valence-electron chi connectivity index (χ1n) is 7.61. The van der Waals surface area contributed by atoms with E-state index >= 15 is 0 Å². The Kier molecular flexibility index (Phi) is 4.43. The van der Waals surface area contributed by atoms with Crippen molar-refractivity contribution in [1.29, 1.82) is 0 Å². The van der Waals surface area contributed by atoms with Crippen LogP contribution < -0.4 is 0 Å². The van der Waals surface area contributed by atoms with Crippen molar-refractivity contribution < 1.29 is 14.7 Å². The molecule has 6 heteroatoms. The van der Waals surface area contributed by atoms with Crippen LogP contribution in [-0.2, 0) is 4.79 Å². The number of benzene rings is 1. The molecule has 1 fully saturated rings. The van der Waals surface area contributed by atoms with Crippen LogP contribution in [0.25, 0.3) is 10.6 Å². The minimum absolute atomic E-state index is 0.104. The molecule has 1 aromatic carbocycles. The van der Waals surface area contributed by atoms with Crippen molar-refractivity contribution in [3.63, 3.8) is 0 Å². The number of likely N-dealkylation sites (tertiary alicyclic amines) is 1. The molecular weight excluding hydrogens is 312 g/mol. The van der Waals surface area contributed by atoms with Gasteiger partial charge < -0.3 is 10.0 Å². The number of amides is 1. The molecule has 0 aliphatic carbocycles. The maximum Gasteiger partial charge on any atom is 0.308 e. The lowest BCUT2D eigenvalue weighted by atomic mass is 9.98. The molecule has 1 amide bonds. The molecule has 1 aromatic heterocycles. The molecule has 1 N–H and O–H groups in total. The number of carbonyl (C=O) groups excluding carboxylic acids is 1. The average Bonchev–Trinajstić information content (AvgIpc) is 2.97. The number of carbonyl (C=O) groups is 2. The summed E-state index contributed by atoms with van der Waals surface area (Å²) in [6, 6.07) is 9.75. The van der Waals surface area contributed by atoms with Crippen LogP contribution in [0.3, 0.4) is 0 Å². The van der Waals surface area contributed by atoms with Gasteiger partial charge in [-0.1, -0.05) is 30.3 Å². The maximum absolute atomic E-state index is 12.7. The minimum atomic E-state index is -0.825. The van der Waals surface area contributed by atoms with Crippen LogP contribution in [0.2, 0.25) is 0 Å². The Morgan fingerprint density at radius 2 is 2.04 bits per heavy atom. The lowest BCUT2D eigenvalue weighted by Gasteiger charge is -2.30. The predicted octanol–water partition coefficient (Wildman–Crippen LogP) is 3.06. The lowest BCUT2D eigenvalue weighted by molar-refractivity contribution is -0.143. The first kappa shape index (κ1) is 15.7. The number of aliphatic carboxylic acids is 1. The molecule has 5 nitrogen and oxygen atoms in total. The largest absolute Gasteiger partial charge is 0.481 e. The van der Waals surface area contributed by atoms with Crippen LogP contribution in [0.4, 0.5) is 0 Å². The highest BCUT2D eigenvalue weighted by molar-refractivity contribution is 7.17. The molecule has 0 radical (unpaired) electrons. The number of hydrogen-bond acceptors (Lipinski definition) is 4. The number of rotatable bonds is 3. The Labute approximate surface area is 138 Å². The molecule has 23 heavy (non-hydrogen) atoms. The molecule has 2 heterocycles. The third-order valence-electron chi connectivity index (χ3n) is 4.07. The van der Waals surface area contributed by atoms with Gasteiger partial charge in [0.2, 0.25) is 0 Å². The number of carboxylic acid groups (broad SMARTS) is 1. The molecule has 1 aliphatic heterocycles. The fraction of sp³-hybridized carbons (Fsp3) is 0.353. The van der Waals surface area contributed by atoms with E-state index in [-0.39, 0.29) is 12.5 Å². The van der Waals surface area contributed by atoms with Gasteiger partial charge in [0.05, 0.1) is 11.6 Å². The zero-order valence-corrected chi connectivity index (χ0v) is 13.7. The second-order valence-corrected chi connectivity index (χ2v) is 6.73. The number of nitrogens with zero attached hydrogens (tertiary/aromatic N) is 2. The number of thiazole rings is 1. The van der Waals surface area contributed by atoms with Gasteiger partial charge in [-0.25, -0.2) is 4.98 Å². The van der Waals surface area contributed by atoms with Gasteiger partial charge in [-0.2, -0.15) is 0 Å². The molecule has 120 valence electrons. The van der Waals surface area contributed by atoms with Crippen molar-refractivity contribution in [2.75, 3.05) is 13.1 Å². The normalized spacial score (nSPS) is 18.0. The molecule has 1 unspecified atom stereocenters. The van der Waals surface area contributed by atoms with Gasteiger partial charge >= 0.3 is 5.97 Å². The number of carboxylic acids is 1. The van der Waals surface area contributed by atoms with Crippen LogP contribution in [0.1, 0.15) is 28.2 Å². The molecular formula is C17H18N2O3S. The Bertz CT molecular complexity index is 727. The summed E-state index contributed by atoms with van der Waals surface area (Å²) in [5.41, 5.74) is 1.69. The summed E-state index contributed by atoms with van der Waals surface area (Å²) in [6.45, 7) is 2.72. The molecule has 1 aliphatic rings. The molecule has 1 atom stereocenters. The highest BCUT2D eigenvalue weighted by atomic mass is 32.1. The summed E-state index contributed by atoms with van der Waals surface area (Å²) in [6.07, 6.45) is 1.36. The van der Waals surface area contributed by atoms with E-state index in [2.05, 4.69) is 4.98 Å². The highest BCUT2D eigenvalue weighted by Crippen LogP contribution is 2.29. The average molecular weight is 330 g/mol. The van der Waals surface area contributed by atoms with E-state index < -0.39 is 11.9 Å². The van der Waals surface area contributed by atoms with Gasteiger partial charge in [-0.05, 0) is 19.8 Å². The van der Waals surface area contributed by atoms with Gasteiger partial charge in [0.1, 0.15) is 9.88 Å². The van der Waals surface area contributed by atoms with Gasteiger partial charge in [0, 0.05) is 18.7 Å². The lowest BCUT2D eigenvalue weighted by Crippen LogP contribution is -2.42. The number of aryl methyl sites for hydroxylation is 1. The monoisotopic (exact) mass is 330 g/mol. The number of piperidine rings is 1. The standard InChI is InChI=1S/C17H18N2O3S/c1-11-14(23-15(18-11)12-6-3-2-4-7-12)16(20)19-9-5-8-13(10-19)17(21)22/h2-4,6-7,13H,5,8-10H2,1H3,(H,21,22). The molecule has 0 saturated carbocycles. The summed E-state index contributed by atoms with van der Waals surface area (Å²) >= 11 is 1.37. The Hall–Kier alpha value is -2.21. The van der Waals surface area contributed by atoms with Crippen molar-refractivity contribution in [2.45, 2.75) is 19.8 Å². The molecule has 0 spiro atoms. The second-order valence-electron chi connectivity index (χ2n) is 5.73. The van der Waals surface area contributed by atoms with Crippen molar-refractivity contribution in [2.24, 2.45) is 5.92 Å². The minimum Gasteiger partial charge on any atom is -0.481 e. The zero-order valence-electron chi connectivity index (χ0n) is 12.9. The molecule has 3 rings (SSSR count). The van der Waals surface area contributed by atoms with Gasteiger partial charge in [-0.3, -0.25) is 9.59 Å². The summed E-state index contributed by atoms with van der Waals surface area (Å²) in [5.74, 6) is -1.39. The quantitative estimate of drug-likeness (QED) is 0.939. The van der Waals surface area contributed by atoms with Crippen LogP contribution >= 0.6 is 11.3 Å². The van der Waals surface area contributed by atoms with Crippen molar-refractivity contribution in [3.05, 3.63) is 40.9 Å². The van der Waals surface area contributed by atoms with Gasteiger partial charge in [0.15, 0.2) is 0 Å². The van der Waals surface area contributed by atoms with Crippen LogP contribution in [0.5, 0.6) is 0 Å². The summed E-state index contributed by atoms with van der Waals surface area (Å²) in [5, 5.41) is 9.99. The summed E-state index contributed by atoms with van der Waals surface area (Å²) in [7, 11) is 0. The van der Waals surface area contributed by atoms with Gasteiger partial charge in [0.25, 0.3) is 5.91 Å². The van der Waals surface area contributed by atoms with Crippen molar-refractivity contribution in [3.8, 4) is 10.6 Å². The third kappa shape index (κ3) is 3.27. The molecule has 0 bridgehead atoms. The smallest absolute Gasteiger partial charge is 0.308 e. The van der Waals surface area contributed by atoms with E-state index in [4.69, 9.17) is 5.11 Å². The second kappa shape index (κ2) is 6.50. The maximum atomic E-state index is 12.7. The van der Waals surface area contributed by atoms with Gasteiger partial charge in [-0.15, -0.1) is 11.3 Å². The van der Waals surface area contributed by atoms with E-state index in [0.29, 0.717) is 23.5 Å². The summed E-state index contributed by atoms with van der Waals surface area (Å²) in [4.78, 5) is 30.7. The van der Waals surface area contributed by atoms with Crippen molar-refractivity contribution >= 4 is 23.2 Å². The topological polar surface area (TPSA) is 70.5 Å². The fourth-order valence-corrected chi connectivity index (χ4v) is 3.85. The van der Waals surface area contributed by atoms with E-state index in [1.807, 2.05) is 37.3 Å². The van der Waals surface area contributed by atoms with Crippen molar-refractivity contribution in [1.82, 2.24) is 9.88 Å². The fourth-order valence-electron chi connectivity index (χ4n) is 2.81. The zero-order chi connectivity index (χ0) is 16.4. The van der Waals surface area contributed by atoms with E-state index in [9.17, 15) is 9.59 Å². The van der Waals surface area contributed by atoms with E-state index in [1.54, 1.807) is 4.90 Å². The van der Waals surface area contributed by atoms with E-state index in [1.165, 1.54) is 11.3 Å². The number of aromatic nitrogens is 1. The Morgan fingerprint density at radius 3 is 2.74 bits per heavy atom. The first-order valence-corrected chi connectivity index (χ1v) is 8.43. The summed E-state index contributed by atoms with van der Waals surface area (Å²) < 4.78 is 0. The molecule has 2 aromatic rings. The number of hydrogen-bond donors (Lipinski definition) is 1. The Balaban J connectivity index is 1.83.